The Labute approximate surface area is 60.2 Å². The van der Waals surface area contributed by atoms with Crippen LogP contribution in [0, 0.1) is 0 Å². The largest absolute Gasteiger partial charge is 0.382 e. The van der Waals surface area contributed by atoms with Crippen molar-refractivity contribution in [3.8, 4) is 0 Å². The van der Waals surface area contributed by atoms with Crippen LogP contribution in [0.1, 0.15) is 19.8 Å². The van der Waals surface area contributed by atoms with Crippen molar-refractivity contribution in [2.75, 3.05) is 0 Å². The van der Waals surface area contributed by atoms with Gasteiger partial charge in [0.25, 0.3) is 0 Å². The van der Waals surface area contributed by atoms with Crippen LogP contribution < -0.4 is 11.5 Å². The molecular formula is C6H14N2O2. The molecule has 0 saturated carbocycles. The van der Waals surface area contributed by atoms with Gasteiger partial charge in [-0.2, -0.15) is 0 Å². The Kier molecular flexibility index (Phi) is 3.99. The van der Waals surface area contributed by atoms with E-state index in [0.29, 0.717) is 6.42 Å². The number of hydrogen-bond acceptors (Lipinski definition) is 3. The van der Waals surface area contributed by atoms with E-state index in [-0.39, 0.29) is 0 Å². The average Bonchev–Trinajstić information content (AvgIpc) is 1.87. The van der Waals surface area contributed by atoms with E-state index >= 15 is 0 Å². The maximum atomic E-state index is 10.3. The van der Waals surface area contributed by atoms with Gasteiger partial charge >= 0.3 is 0 Å². The van der Waals surface area contributed by atoms with Gasteiger partial charge in [-0.05, 0) is 6.42 Å². The molecule has 0 aromatic rings. The lowest BCUT2D eigenvalue weighted by Gasteiger charge is -2.13. The van der Waals surface area contributed by atoms with Crippen LogP contribution in [0.25, 0.3) is 0 Å². The van der Waals surface area contributed by atoms with Crippen LogP contribution in [-0.4, -0.2) is 23.2 Å². The lowest BCUT2D eigenvalue weighted by Crippen LogP contribution is -2.43. The maximum absolute atomic E-state index is 10.3. The van der Waals surface area contributed by atoms with Crippen LogP contribution in [0.2, 0.25) is 0 Å². The third-order valence-electron chi connectivity index (χ3n) is 1.32. The number of carbonyl (C=O) groups excluding carboxylic acids is 1. The fourth-order valence-electron chi connectivity index (χ4n) is 0.702. The Morgan fingerprint density at radius 2 is 2.20 bits per heavy atom. The monoisotopic (exact) mass is 146 g/mol. The molecule has 1 amide bonds. The number of amides is 1. The van der Waals surface area contributed by atoms with Crippen molar-refractivity contribution in [1.82, 2.24) is 0 Å². The summed E-state index contributed by atoms with van der Waals surface area (Å²) in [6, 6.07) is -0.512. The molecule has 0 aliphatic heterocycles. The summed E-state index contributed by atoms with van der Waals surface area (Å²) in [6.07, 6.45) is 0.259. The van der Waals surface area contributed by atoms with Crippen LogP contribution in [0.5, 0.6) is 0 Å². The highest BCUT2D eigenvalue weighted by atomic mass is 16.3. The normalized spacial score (nSPS) is 16.3. The number of hydrogen-bond donors (Lipinski definition) is 3. The molecule has 0 aromatic carbocycles. The summed E-state index contributed by atoms with van der Waals surface area (Å²) in [5, 5.41) is 8.93. The van der Waals surface area contributed by atoms with Crippen molar-refractivity contribution in [1.29, 1.82) is 0 Å². The minimum absolute atomic E-state index is 0.512. The summed E-state index contributed by atoms with van der Waals surface area (Å²) in [5.74, 6) is -0.749. The minimum atomic E-state index is -1.19. The maximum Gasteiger partial charge on any atom is 0.247 e. The highest BCUT2D eigenvalue weighted by Crippen LogP contribution is 1.97. The molecule has 60 valence electrons. The van der Waals surface area contributed by atoms with Crippen LogP contribution in [0.15, 0.2) is 0 Å². The molecule has 5 N–H and O–H groups in total. The van der Waals surface area contributed by atoms with Crippen molar-refractivity contribution < 1.29 is 9.90 Å². The first-order valence-corrected chi connectivity index (χ1v) is 3.32. The summed E-state index contributed by atoms with van der Waals surface area (Å²) >= 11 is 0. The Balaban J connectivity index is 3.69. The Morgan fingerprint density at radius 3 is 2.50 bits per heavy atom. The number of primary amides is 1. The second kappa shape index (κ2) is 4.24. The minimum Gasteiger partial charge on any atom is -0.382 e. The lowest BCUT2D eigenvalue weighted by molar-refractivity contribution is -0.127. The fourth-order valence-corrected chi connectivity index (χ4v) is 0.702. The number of carbonyl (C=O) groups is 1. The zero-order valence-corrected chi connectivity index (χ0v) is 6.08. The second-order valence-corrected chi connectivity index (χ2v) is 2.30. The van der Waals surface area contributed by atoms with Crippen molar-refractivity contribution in [2.24, 2.45) is 11.5 Å². The molecular weight excluding hydrogens is 132 g/mol. The molecule has 0 fully saturated rings. The Morgan fingerprint density at radius 1 is 1.70 bits per heavy atom. The number of rotatable bonds is 4. The number of aliphatic hydroxyl groups is 1. The van der Waals surface area contributed by atoms with Crippen molar-refractivity contribution in [2.45, 2.75) is 31.9 Å². The molecule has 4 nitrogen and oxygen atoms in total. The van der Waals surface area contributed by atoms with E-state index < -0.39 is 18.1 Å². The molecule has 0 aliphatic carbocycles. The highest BCUT2D eigenvalue weighted by Gasteiger charge is 2.18. The van der Waals surface area contributed by atoms with Crippen molar-refractivity contribution >= 4 is 5.91 Å². The average molecular weight is 146 g/mol. The molecule has 0 heterocycles. The number of aliphatic hydroxyl groups excluding tert-OH is 1. The predicted octanol–water partition coefficient (Wildman–Crippen LogP) is -1.04. The zero-order valence-electron chi connectivity index (χ0n) is 6.08. The van der Waals surface area contributed by atoms with E-state index in [0.717, 1.165) is 6.42 Å². The van der Waals surface area contributed by atoms with Crippen molar-refractivity contribution in [3.05, 3.63) is 0 Å². The molecule has 0 aromatic heterocycles. The van der Waals surface area contributed by atoms with Gasteiger partial charge in [0.2, 0.25) is 5.91 Å². The fraction of sp³-hybridized carbons (Fsp3) is 0.833. The summed E-state index contributed by atoms with van der Waals surface area (Å²) < 4.78 is 0. The first-order valence-electron chi connectivity index (χ1n) is 3.32. The lowest BCUT2D eigenvalue weighted by atomic mass is 10.1. The summed E-state index contributed by atoms with van der Waals surface area (Å²) in [4.78, 5) is 10.3. The van der Waals surface area contributed by atoms with E-state index in [1.165, 1.54) is 0 Å². The zero-order chi connectivity index (χ0) is 8.15. The molecule has 2 atom stereocenters. The van der Waals surface area contributed by atoms with E-state index in [9.17, 15) is 4.79 Å². The summed E-state index contributed by atoms with van der Waals surface area (Å²) in [7, 11) is 0. The first-order chi connectivity index (χ1) is 4.59. The quantitative estimate of drug-likeness (QED) is 0.473. The molecule has 1 unspecified atom stereocenters. The predicted molar refractivity (Wildman–Crippen MR) is 38.1 cm³/mol. The summed E-state index contributed by atoms with van der Waals surface area (Å²) in [5.41, 5.74) is 10.2. The third-order valence-corrected chi connectivity index (χ3v) is 1.32. The number of nitrogens with two attached hydrogens (primary N) is 2. The molecule has 0 bridgehead atoms. The van der Waals surface area contributed by atoms with Gasteiger partial charge < -0.3 is 16.6 Å². The van der Waals surface area contributed by atoms with Gasteiger partial charge in [-0.25, -0.2) is 0 Å². The van der Waals surface area contributed by atoms with Gasteiger partial charge in [0.1, 0.15) is 6.10 Å². The smallest absolute Gasteiger partial charge is 0.247 e. The summed E-state index contributed by atoms with van der Waals surface area (Å²) in [6.45, 7) is 1.92. The molecule has 0 rings (SSSR count). The Bertz CT molecular complexity index is 116. The van der Waals surface area contributed by atoms with E-state index in [1.807, 2.05) is 6.92 Å². The van der Waals surface area contributed by atoms with Crippen LogP contribution >= 0.6 is 0 Å². The molecule has 10 heavy (non-hydrogen) atoms. The standard InChI is InChI=1S/C6H14N2O2/c1-2-3-4(7)5(9)6(8)10/h4-5,9H,2-3,7H2,1H3,(H2,8,10)/t4-,5?/m1/s1. The van der Waals surface area contributed by atoms with Crippen LogP contribution in [-0.2, 0) is 4.79 Å². The third kappa shape index (κ3) is 2.80. The molecule has 0 radical (unpaired) electrons. The molecule has 0 spiro atoms. The van der Waals surface area contributed by atoms with Crippen LogP contribution in [0.4, 0.5) is 0 Å². The van der Waals surface area contributed by atoms with E-state index in [2.05, 4.69) is 0 Å². The second-order valence-electron chi connectivity index (χ2n) is 2.30. The van der Waals surface area contributed by atoms with Crippen LogP contribution in [0.3, 0.4) is 0 Å². The molecule has 0 aliphatic rings. The first kappa shape index (κ1) is 9.39. The topological polar surface area (TPSA) is 89.3 Å². The van der Waals surface area contributed by atoms with Gasteiger partial charge in [0.15, 0.2) is 0 Å². The molecule has 0 saturated heterocycles. The van der Waals surface area contributed by atoms with Gasteiger partial charge in [-0.1, -0.05) is 13.3 Å². The Hall–Kier alpha value is -0.610. The molecule has 4 heteroatoms. The van der Waals surface area contributed by atoms with Gasteiger partial charge in [-0.15, -0.1) is 0 Å². The van der Waals surface area contributed by atoms with Crippen molar-refractivity contribution in [3.63, 3.8) is 0 Å². The van der Waals surface area contributed by atoms with Gasteiger partial charge in [0, 0.05) is 6.04 Å². The van der Waals surface area contributed by atoms with E-state index in [1.54, 1.807) is 0 Å². The SMILES string of the molecule is CCC[C@@H](N)C(O)C(N)=O. The van der Waals surface area contributed by atoms with E-state index in [4.69, 9.17) is 16.6 Å². The van der Waals surface area contributed by atoms with Gasteiger partial charge in [-0.3, -0.25) is 4.79 Å². The van der Waals surface area contributed by atoms with Gasteiger partial charge in [0.05, 0.1) is 0 Å². The highest BCUT2D eigenvalue weighted by molar-refractivity contribution is 5.79.